The zero-order chi connectivity index (χ0) is 22.7. The molecule has 1 atom stereocenters. The van der Waals surface area contributed by atoms with Crippen LogP contribution in [0.15, 0.2) is 76.8 Å². The number of nitrogens with zero attached hydrogens (tertiary/aromatic N) is 4. The van der Waals surface area contributed by atoms with Crippen LogP contribution in [0.3, 0.4) is 0 Å². The predicted octanol–water partition coefficient (Wildman–Crippen LogP) is 5.64. The number of carbonyl (C=O) groups is 1. The van der Waals surface area contributed by atoms with Crippen molar-refractivity contribution in [3.05, 3.63) is 84.1 Å². The minimum atomic E-state index is -0.322. The molecule has 4 aromatic rings. The van der Waals surface area contributed by atoms with Crippen LogP contribution in [0.2, 0.25) is 0 Å². The van der Waals surface area contributed by atoms with Crippen molar-refractivity contribution < 1.29 is 9.21 Å². The highest BCUT2D eigenvalue weighted by Gasteiger charge is 2.23. The average molecular weight is 447 g/mol. The van der Waals surface area contributed by atoms with E-state index in [-0.39, 0.29) is 16.4 Å². The SMILES string of the molecule is CC(Sc1nnc(-c2cccnc2)n1Cc1ccco1)C(=O)c1ccc(C(C)(C)C)cc1. The van der Waals surface area contributed by atoms with Crippen LogP contribution in [-0.4, -0.2) is 30.8 Å². The van der Waals surface area contributed by atoms with Gasteiger partial charge in [-0.15, -0.1) is 10.2 Å². The Morgan fingerprint density at radius 1 is 1.09 bits per heavy atom. The normalized spacial score (nSPS) is 12.6. The van der Waals surface area contributed by atoms with Crippen molar-refractivity contribution >= 4 is 17.5 Å². The summed E-state index contributed by atoms with van der Waals surface area (Å²) in [5.41, 5.74) is 2.80. The quantitative estimate of drug-likeness (QED) is 0.270. The van der Waals surface area contributed by atoms with Gasteiger partial charge < -0.3 is 4.42 Å². The third-order valence-electron chi connectivity index (χ3n) is 5.22. The molecule has 32 heavy (non-hydrogen) atoms. The minimum Gasteiger partial charge on any atom is -0.467 e. The van der Waals surface area contributed by atoms with Gasteiger partial charge in [0.15, 0.2) is 16.8 Å². The first kappa shape index (κ1) is 22.0. The zero-order valence-electron chi connectivity index (χ0n) is 18.6. The number of benzene rings is 1. The van der Waals surface area contributed by atoms with Crippen LogP contribution in [0.5, 0.6) is 0 Å². The fraction of sp³-hybridized carbons (Fsp3) is 0.280. The number of furan rings is 1. The molecule has 0 amide bonds. The Kier molecular flexibility index (Phi) is 6.28. The molecule has 164 valence electrons. The standard InChI is InChI=1S/C25H26N4O2S/c1-17(22(30)18-9-11-20(12-10-18)25(2,3)4)32-24-28-27-23(19-7-5-13-26-15-19)29(24)16-21-8-6-14-31-21/h5-15,17H,16H2,1-4H3. The second kappa shape index (κ2) is 9.12. The van der Waals surface area contributed by atoms with Gasteiger partial charge in [-0.1, -0.05) is 56.8 Å². The molecule has 3 heterocycles. The van der Waals surface area contributed by atoms with E-state index >= 15 is 0 Å². The van der Waals surface area contributed by atoms with Crippen LogP contribution in [0.4, 0.5) is 0 Å². The number of ketones is 1. The molecule has 0 spiro atoms. The van der Waals surface area contributed by atoms with E-state index in [9.17, 15) is 4.79 Å². The van der Waals surface area contributed by atoms with Crippen molar-refractivity contribution in [2.75, 3.05) is 0 Å². The molecule has 0 aliphatic rings. The molecule has 1 aromatic carbocycles. The maximum atomic E-state index is 13.1. The molecule has 0 saturated heterocycles. The topological polar surface area (TPSA) is 73.8 Å². The van der Waals surface area contributed by atoms with Crippen molar-refractivity contribution in [1.82, 2.24) is 19.7 Å². The van der Waals surface area contributed by atoms with Gasteiger partial charge in [0, 0.05) is 23.5 Å². The Balaban J connectivity index is 1.59. The number of aromatic nitrogens is 4. The van der Waals surface area contributed by atoms with Crippen LogP contribution >= 0.6 is 11.8 Å². The van der Waals surface area contributed by atoms with Crippen molar-refractivity contribution in [2.45, 2.75) is 50.1 Å². The van der Waals surface area contributed by atoms with E-state index in [1.54, 1.807) is 18.7 Å². The van der Waals surface area contributed by atoms with Gasteiger partial charge in [-0.25, -0.2) is 0 Å². The summed E-state index contributed by atoms with van der Waals surface area (Å²) in [6, 6.07) is 15.5. The average Bonchev–Trinajstić information content (AvgIpc) is 3.44. The van der Waals surface area contributed by atoms with E-state index < -0.39 is 0 Å². The summed E-state index contributed by atoms with van der Waals surface area (Å²) in [5.74, 6) is 1.53. The first-order chi connectivity index (χ1) is 15.3. The van der Waals surface area contributed by atoms with Gasteiger partial charge in [0.05, 0.1) is 18.1 Å². The smallest absolute Gasteiger partial charge is 0.192 e. The maximum absolute atomic E-state index is 13.1. The summed E-state index contributed by atoms with van der Waals surface area (Å²) in [4.78, 5) is 17.3. The number of hydrogen-bond acceptors (Lipinski definition) is 6. The van der Waals surface area contributed by atoms with Crippen molar-refractivity contribution in [3.8, 4) is 11.4 Å². The van der Waals surface area contributed by atoms with Gasteiger partial charge >= 0.3 is 0 Å². The first-order valence-electron chi connectivity index (χ1n) is 10.5. The van der Waals surface area contributed by atoms with Gasteiger partial charge in [-0.2, -0.15) is 0 Å². The third kappa shape index (κ3) is 4.83. The summed E-state index contributed by atoms with van der Waals surface area (Å²) in [6.07, 6.45) is 5.12. The Bertz CT molecular complexity index is 1180. The molecule has 0 saturated carbocycles. The van der Waals surface area contributed by atoms with E-state index in [0.717, 1.165) is 11.3 Å². The Morgan fingerprint density at radius 3 is 2.50 bits per heavy atom. The van der Waals surface area contributed by atoms with E-state index in [2.05, 4.69) is 36.0 Å². The third-order valence-corrected chi connectivity index (χ3v) is 6.30. The molecule has 0 bridgehead atoms. The first-order valence-corrected chi connectivity index (χ1v) is 11.4. The lowest BCUT2D eigenvalue weighted by molar-refractivity contribution is 0.0993. The van der Waals surface area contributed by atoms with E-state index in [0.29, 0.717) is 23.1 Å². The van der Waals surface area contributed by atoms with Crippen molar-refractivity contribution in [2.24, 2.45) is 0 Å². The molecule has 0 aliphatic carbocycles. The Morgan fingerprint density at radius 2 is 1.88 bits per heavy atom. The van der Waals surface area contributed by atoms with Gasteiger partial charge in [-0.05, 0) is 42.2 Å². The van der Waals surface area contributed by atoms with E-state index in [1.807, 2.05) is 60.0 Å². The fourth-order valence-electron chi connectivity index (χ4n) is 3.37. The maximum Gasteiger partial charge on any atom is 0.192 e. The molecule has 7 heteroatoms. The van der Waals surface area contributed by atoms with Crippen LogP contribution in [-0.2, 0) is 12.0 Å². The second-order valence-electron chi connectivity index (χ2n) is 8.67. The van der Waals surface area contributed by atoms with Gasteiger partial charge in [0.1, 0.15) is 5.76 Å². The number of Topliss-reactive ketones (excluding diaryl/α,β-unsaturated/α-hetero) is 1. The predicted molar refractivity (Wildman–Crippen MR) is 126 cm³/mol. The van der Waals surface area contributed by atoms with Gasteiger partial charge in [0.25, 0.3) is 0 Å². The Hall–Kier alpha value is -3.19. The molecular weight excluding hydrogens is 420 g/mol. The van der Waals surface area contributed by atoms with E-state index in [4.69, 9.17) is 4.42 Å². The highest BCUT2D eigenvalue weighted by atomic mass is 32.2. The summed E-state index contributed by atoms with van der Waals surface area (Å²) in [5, 5.41) is 9.12. The largest absolute Gasteiger partial charge is 0.467 e. The molecule has 6 nitrogen and oxygen atoms in total. The monoisotopic (exact) mass is 446 g/mol. The lowest BCUT2D eigenvalue weighted by atomic mass is 9.86. The number of thioether (sulfide) groups is 1. The lowest BCUT2D eigenvalue weighted by Gasteiger charge is -2.19. The van der Waals surface area contributed by atoms with Crippen molar-refractivity contribution in [3.63, 3.8) is 0 Å². The molecular formula is C25H26N4O2S. The number of hydrogen-bond donors (Lipinski definition) is 0. The van der Waals surface area contributed by atoms with E-state index in [1.165, 1.54) is 17.3 Å². The zero-order valence-corrected chi connectivity index (χ0v) is 19.5. The van der Waals surface area contributed by atoms with Gasteiger partial charge in [0.2, 0.25) is 0 Å². The number of rotatable bonds is 7. The highest BCUT2D eigenvalue weighted by Crippen LogP contribution is 2.30. The van der Waals surface area contributed by atoms with Crippen LogP contribution < -0.4 is 0 Å². The molecule has 1 unspecified atom stereocenters. The van der Waals surface area contributed by atoms with Gasteiger partial charge in [-0.3, -0.25) is 14.3 Å². The second-order valence-corrected chi connectivity index (χ2v) is 9.97. The fourth-order valence-corrected chi connectivity index (χ4v) is 4.29. The molecule has 0 aliphatic heterocycles. The van der Waals surface area contributed by atoms with Crippen molar-refractivity contribution in [1.29, 1.82) is 0 Å². The molecule has 0 N–H and O–H groups in total. The summed E-state index contributed by atoms with van der Waals surface area (Å²) in [6.45, 7) is 8.85. The molecule has 4 rings (SSSR count). The molecule has 0 radical (unpaired) electrons. The summed E-state index contributed by atoms with van der Waals surface area (Å²) < 4.78 is 7.51. The Labute approximate surface area is 192 Å². The van der Waals surface area contributed by atoms with Crippen LogP contribution in [0.25, 0.3) is 11.4 Å². The summed E-state index contributed by atoms with van der Waals surface area (Å²) >= 11 is 1.40. The molecule has 3 aromatic heterocycles. The highest BCUT2D eigenvalue weighted by molar-refractivity contribution is 8.00. The molecule has 0 fully saturated rings. The van der Waals surface area contributed by atoms with Crippen LogP contribution in [0.1, 0.15) is 49.4 Å². The number of pyridine rings is 1. The minimum absolute atomic E-state index is 0.0485. The summed E-state index contributed by atoms with van der Waals surface area (Å²) in [7, 11) is 0. The lowest BCUT2D eigenvalue weighted by Crippen LogP contribution is -2.16. The number of carbonyl (C=O) groups excluding carboxylic acids is 1. The van der Waals surface area contributed by atoms with Crippen LogP contribution in [0, 0.1) is 0 Å².